The molecule has 116 valence electrons. The molecule has 0 radical (unpaired) electrons. The molecular weight excluding hydrogens is 288 g/mol. The molecule has 4 nitrogen and oxygen atoms in total. The number of halogens is 1. The summed E-state index contributed by atoms with van der Waals surface area (Å²) in [5.74, 6) is 0.565. The molecule has 0 saturated heterocycles. The molecule has 1 aliphatic rings. The van der Waals surface area contributed by atoms with E-state index in [1.165, 1.54) is 0 Å². The van der Waals surface area contributed by atoms with Gasteiger partial charge < -0.3 is 15.8 Å². The van der Waals surface area contributed by atoms with Gasteiger partial charge in [0.05, 0.1) is 12.3 Å². The summed E-state index contributed by atoms with van der Waals surface area (Å²) in [7, 11) is 0. The second-order valence-electron chi connectivity index (χ2n) is 5.78. The lowest BCUT2D eigenvalue weighted by atomic mass is 9.94. The van der Waals surface area contributed by atoms with Crippen molar-refractivity contribution in [3.8, 4) is 5.75 Å². The molecule has 0 aliphatic heterocycles. The number of ether oxygens (including phenoxy) is 1. The highest BCUT2D eigenvalue weighted by atomic mass is 35.5. The molecule has 5 heteroatoms. The summed E-state index contributed by atoms with van der Waals surface area (Å²) in [4.78, 5) is 12.2. The molecule has 0 bridgehead atoms. The summed E-state index contributed by atoms with van der Waals surface area (Å²) in [5.41, 5.74) is 6.50. The summed E-state index contributed by atoms with van der Waals surface area (Å²) in [6.07, 6.45) is 5.27. The lowest BCUT2D eigenvalue weighted by Crippen LogP contribution is -2.40. The molecule has 2 rings (SSSR count). The van der Waals surface area contributed by atoms with Crippen LogP contribution in [0.1, 0.15) is 45.4 Å². The van der Waals surface area contributed by atoms with Crippen LogP contribution in [0.2, 0.25) is 5.02 Å². The predicted molar refractivity (Wildman–Crippen MR) is 85.9 cm³/mol. The Hall–Kier alpha value is -1.26. The van der Waals surface area contributed by atoms with Gasteiger partial charge in [-0.25, -0.2) is 0 Å². The van der Waals surface area contributed by atoms with Crippen molar-refractivity contribution in [1.29, 1.82) is 0 Å². The fraction of sp³-hybridized carbons (Fsp3) is 0.562. The maximum atomic E-state index is 12.2. The third-order valence-electron chi connectivity index (χ3n) is 3.79. The Morgan fingerprint density at radius 2 is 2.14 bits per heavy atom. The van der Waals surface area contributed by atoms with Crippen LogP contribution in [0, 0.1) is 0 Å². The quantitative estimate of drug-likeness (QED) is 0.841. The molecule has 1 aromatic rings. The minimum absolute atomic E-state index is 0.0805. The Labute approximate surface area is 131 Å². The molecular formula is C16H23ClN2O2. The SMILES string of the molecule is CCCOc1ccc(Cl)cc1NC(=O)CC1(N)CCCC1. The van der Waals surface area contributed by atoms with Crippen molar-refractivity contribution >= 4 is 23.2 Å². The molecule has 1 saturated carbocycles. The van der Waals surface area contributed by atoms with E-state index in [0.717, 1.165) is 32.1 Å². The van der Waals surface area contributed by atoms with Gasteiger partial charge in [-0.05, 0) is 37.5 Å². The fourth-order valence-electron chi connectivity index (χ4n) is 2.71. The van der Waals surface area contributed by atoms with E-state index < -0.39 is 0 Å². The van der Waals surface area contributed by atoms with Crippen LogP contribution in [-0.4, -0.2) is 18.1 Å². The summed E-state index contributed by atoms with van der Waals surface area (Å²) in [6, 6.07) is 5.24. The second kappa shape index (κ2) is 7.14. The number of amides is 1. The average molecular weight is 311 g/mol. The van der Waals surface area contributed by atoms with Gasteiger partial charge in [-0.3, -0.25) is 4.79 Å². The molecule has 1 amide bonds. The summed E-state index contributed by atoms with van der Waals surface area (Å²) >= 11 is 6.00. The van der Waals surface area contributed by atoms with Crippen LogP contribution in [0.5, 0.6) is 5.75 Å². The van der Waals surface area contributed by atoms with Crippen molar-refractivity contribution in [3.05, 3.63) is 23.2 Å². The van der Waals surface area contributed by atoms with Gasteiger partial charge in [-0.2, -0.15) is 0 Å². The molecule has 1 aliphatic carbocycles. The Balaban J connectivity index is 2.03. The highest BCUT2D eigenvalue weighted by Crippen LogP contribution is 2.32. The van der Waals surface area contributed by atoms with Gasteiger partial charge in [0.25, 0.3) is 0 Å². The minimum Gasteiger partial charge on any atom is -0.491 e. The molecule has 1 fully saturated rings. The molecule has 0 atom stereocenters. The van der Waals surface area contributed by atoms with E-state index in [2.05, 4.69) is 5.32 Å². The van der Waals surface area contributed by atoms with Gasteiger partial charge in [-0.1, -0.05) is 31.4 Å². The van der Waals surface area contributed by atoms with Gasteiger partial charge in [-0.15, -0.1) is 0 Å². The number of anilines is 1. The first kappa shape index (κ1) is 16.1. The van der Waals surface area contributed by atoms with Crippen LogP contribution in [0.25, 0.3) is 0 Å². The average Bonchev–Trinajstić information content (AvgIpc) is 2.84. The Morgan fingerprint density at radius 3 is 2.81 bits per heavy atom. The number of hydrogen-bond donors (Lipinski definition) is 2. The van der Waals surface area contributed by atoms with Gasteiger partial charge in [0.2, 0.25) is 5.91 Å². The number of hydrogen-bond acceptors (Lipinski definition) is 3. The van der Waals surface area contributed by atoms with Crippen LogP contribution in [0.4, 0.5) is 5.69 Å². The third kappa shape index (κ3) is 4.61. The number of nitrogens with two attached hydrogens (primary N) is 1. The van der Waals surface area contributed by atoms with Crippen molar-refractivity contribution in [1.82, 2.24) is 0 Å². The highest BCUT2D eigenvalue weighted by molar-refractivity contribution is 6.31. The number of nitrogens with one attached hydrogen (secondary N) is 1. The van der Waals surface area contributed by atoms with Crippen LogP contribution in [0.15, 0.2) is 18.2 Å². The molecule has 21 heavy (non-hydrogen) atoms. The second-order valence-corrected chi connectivity index (χ2v) is 6.22. The molecule has 0 spiro atoms. The van der Waals surface area contributed by atoms with Crippen molar-refractivity contribution in [2.75, 3.05) is 11.9 Å². The van der Waals surface area contributed by atoms with Crippen LogP contribution in [0.3, 0.4) is 0 Å². The molecule has 1 aromatic carbocycles. The van der Waals surface area contributed by atoms with Gasteiger partial charge in [0.1, 0.15) is 5.75 Å². The zero-order chi connectivity index (χ0) is 15.3. The maximum absolute atomic E-state index is 12.2. The third-order valence-corrected chi connectivity index (χ3v) is 4.02. The van der Waals surface area contributed by atoms with E-state index in [1.807, 2.05) is 6.92 Å². The van der Waals surface area contributed by atoms with Crippen LogP contribution in [-0.2, 0) is 4.79 Å². The van der Waals surface area contributed by atoms with E-state index >= 15 is 0 Å². The van der Waals surface area contributed by atoms with Crippen molar-refractivity contribution < 1.29 is 9.53 Å². The Morgan fingerprint density at radius 1 is 1.43 bits per heavy atom. The first-order chi connectivity index (χ1) is 10.0. The van der Waals surface area contributed by atoms with Gasteiger partial charge in [0, 0.05) is 17.0 Å². The number of carbonyl (C=O) groups is 1. The van der Waals surface area contributed by atoms with Crippen LogP contribution < -0.4 is 15.8 Å². The standard InChI is InChI=1S/C16H23ClN2O2/c1-2-9-21-14-6-5-12(17)10-13(14)19-15(20)11-16(18)7-3-4-8-16/h5-6,10H,2-4,7-9,11,18H2,1H3,(H,19,20). The smallest absolute Gasteiger partial charge is 0.226 e. The monoisotopic (exact) mass is 310 g/mol. The minimum atomic E-state index is -0.354. The van der Waals surface area contributed by atoms with Crippen molar-refractivity contribution in [2.45, 2.75) is 51.0 Å². The Bertz CT molecular complexity index is 499. The van der Waals surface area contributed by atoms with E-state index in [1.54, 1.807) is 18.2 Å². The highest BCUT2D eigenvalue weighted by Gasteiger charge is 2.31. The van der Waals surface area contributed by atoms with Gasteiger partial charge >= 0.3 is 0 Å². The summed E-state index contributed by atoms with van der Waals surface area (Å²) in [5, 5.41) is 3.45. The zero-order valence-electron chi connectivity index (χ0n) is 12.5. The summed E-state index contributed by atoms with van der Waals surface area (Å²) < 4.78 is 5.63. The molecule has 0 aromatic heterocycles. The fourth-order valence-corrected chi connectivity index (χ4v) is 2.88. The Kier molecular flexibility index (Phi) is 5.48. The molecule has 0 unspecified atom stereocenters. The normalized spacial score (nSPS) is 16.7. The van der Waals surface area contributed by atoms with Crippen molar-refractivity contribution in [2.24, 2.45) is 5.73 Å². The lowest BCUT2D eigenvalue weighted by Gasteiger charge is -2.23. The van der Waals surface area contributed by atoms with Gasteiger partial charge in [0.15, 0.2) is 0 Å². The topological polar surface area (TPSA) is 64.3 Å². The van der Waals surface area contributed by atoms with E-state index in [4.69, 9.17) is 22.1 Å². The first-order valence-corrected chi connectivity index (χ1v) is 7.91. The van der Waals surface area contributed by atoms with E-state index in [-0.39, 0.29) is 11.4 Å². The largest absolute Gasteiger partial charge is 0.491 e. The number of rotatable bonds is 6. The molecule has 3 N–H and O–H groups in total. The van der Waals surface area contributed by atoms with Crippen molar-refractivity contribution in [3.63, 3.8) is 0 Å². The maximum Gasteiger partial charge on any atom is 0.226 e. The molecule has 0 heterocycles. The predicted octanol–water partition coefficient (Wildman–Crippen LogP) is 3.73. The van der Waals surface area contributed by atoms with Crippen LogP contribution >= 0.6 is 11.6 Å². The number of carbonyl (C=O) groups excluding carboxylic acids is 1. The first-order valence-electron chi connectivity index (χ1n) is 7.53. The lowest BCUT2D eigenvalue weighted by molar-refractivity contribution is -0.117. The zero-order valence-corrected chi connectivity index (χ0v) is 13.2. The van der Waals surface area contributed by atoms with E-state index in [0.29, 0.717) is 29.5 Å². The van der Waals surface area contributed by atoms with E-state index in [9.17, 15) is 4.79 Å². The number of benzene rings is 1. The summed E-state index contributed by atoms with van der Waals surface area (Å²) in [6.45, 7) is 2.64.